The normalized spacial score (nSPS) is 9.64. The van der Waals surface area contributed by atoms with Gasteiger partial charge in [-0.05, 0) is 17.7 Å². The molecule has 0 spiro atoms. The van der Waals surface area contributed by atoms with Gasteiger partial charge in [0.25, 0.3) is 0 Å². The Kier molecular flexibility index (Phi) is 2.89. The summed E-state index contributed by atoms with van der Waals surface area (Å²) in [6, 6.07) is 7.63. The van der Waals surface area contributed by atoms with Gasteiger partial charge in [0.05, 0.1) is 0 Å². The molecule has 1 aromatic rings. The van der Waals surface area contributed by atoms with Crippen molar-refractivity contribution in [2.24, 2.45) is 0 Å². The van der Waals surface area contributed by atoms with E-state index < -0.39 is 0 Å². The SMILES string of the molecule is CNc1ccc(COO)cc1. The zero-order chi connectivity index (χ0) is 8.10. The Morgan fingerprint density at radius 1 is 1.36 bits per heavy atom. The van der Waals surface area contributed by atoms with Crippen LogP contribution in [-0.4, -0.2) is 12.3 Å². The van der Waals surface area contributed by atoms with Crippen LogP contribution in [0.3, 0.4) is 0 Å². The molecule has 60 valence electrons. The van der Waals surface area contributed by atoms with Gasteiger partial charge in [-0.15, -0.1) is 0 Å². The summed E-state index contributed by atoms with van der Waals surface area (Å²) in [6.45, 7) is 0.240. The Morgan fingerprint density at radius 3 is 2.45 bits per heavy atom. The van der Waals surface area contributed by atoms with Gasteiger partial charge in [-0.3, -0.25) is 5.26 Å². The van der Waals surface area contributed by atoms with Crippen LogP contribution < -0.4 is 5.32 Å². The van der Waals surface area contributed by atoms with Gasteiger partial charge in [0.2, 0.25) is 0 Å². The summed E-state index contributed by atoms with van der Waals surface area (Å²) in [5.41, 5.74) is 2.00. The standard InChI is InChI=1S/C8H11NO2/c1-9-8-4-2-7(3-5-8)6-11-10/h2-5,9-10H,6H2,1H3. The molecule has 0 saturated heterocycles. The second-order valence-electron chi connectivity index (χ2n) is 2.22. The van der Waals surface area contributed by atoms with Crippen molar-refractivity contribution in [2.45, 2.75) is 6.61 Å². The number of hydrogen-bond acceptors (Lipinski definition) is 3. The number of benzene rings is 1. The average molecular weight is 153 g/mol. The number of anilines is 1. The molecule has 11 heavy (non-hydrogen) atoms. The third kappa shape index (κ3) is 2.22. The molecule has 0 amide bonds. The van der Waals surface area contributed by atoms with Gasteiger partial charge in [0.15, 0.2) is 0 Å². The second-order valence-corrected chi connectivity index (χ2v) is 2.22. The Balaban J connectivity index is 2.66. The quantitative estimate of drug-likeness (QED) is 0.513. The first-order chi connectivity index (χ1) is 5.36. The van der Waals surface area contributed by atoms with Crippen LogP contribution >= 0.6 is 0 Å². The Hall–Kier alpha value is -1.06. The number of rotatable bonds is 3. The lowest BCUT2D eigenvalue weighted by Crippen LogP contribution is -1.90. The van der Waals surface area contributed by atoms with E-state index in [4.69, 9.17) is 5.26 Å². The van der Waals surface area contributed by atoms with Crippen LogP contribution in [0, 0.1) is 0 Å². The summed E-state index contributed by atoms with van der Waals surface area (Å²) >= 11 is 0. The number of hydrogen-bond donors (Lipinski definition) is 2. The molecule has 0 aliphatic carbocycles. The molecule has 3 nitrogen and oxygen atoms in total. The monoisotopic (exact) mass is 153 g/mol. The minimum Gasteiger partial charge on any atom is -0.388 e. The Labute approximate surface area is 65.5 Å². The van der Waals surface area contributed by atoms with Crippen LogP contribution in [0.15, 0.2) is 24.3 Å². The first-order valence-corrected chi connectivity index (χ1v) is 3.40. The molecule has 2 N–H and O–H groups in total. The van der Waals surface area contributed by atoms with E-state index in [-0.39, 0.29) is 6.61 Å². The highest BCUT2D eigenvalue weighted by Gasteiger charge is 1.91. The molecule has 0 aliphatic rings. The van der Waals surface area contributed by atoms with Crippen molar-refractivity contribution in [3.05, 3.63) is 29.8 Å². The van der Waals surface area contributed by atoms with Gasteiger partial charge in [-0.2, -0.15) is 0 Å². The van der Waals surface area contributed by atoms with Crippen molar-refractivity contribution in [2.75, 3.05) is 12.4 Å². The molecule has 0 atom stereocenters. The molecule has 0 heterocycles. The maximum Gasteiger partial charge on any atom is 0.107 e. The lowest BCUT2D eigenvalue weighted by molar-refractivity contribution is -0.253. The van der Waals surface area contributed by atoms with Crippen molar-refractivity contribution in [1.29, 1.82) is 0 Å². The molecule has 0 saturated carbocycles. The fourth-order valence-corrected chi connectivity index (χ4v) is 0.842. The fourth-order valence-electron chi connectivity index (χ4n) is 0.842. The van der Waals surface area contributed by atoms with Gasteiger partial charge in [-0.25, -0.2) is 4.89 Å². The maximum absolute atomic E-state index is 8.13. The lowest BCUT2D eigenvalue weighted by Gasteiger charge is -2.00. The van der Waals surface area contributed by atoms with Crippen LogP contribution in [-0.2, 0) is 11.5 Å². The summed E-state index contributed by atoms with van der Waals surface area (Å²) < 4.78 is 0. The zero-order valence-corrected chi connectivity index (χ0v) is 6.37. The molecule has 0 radical (unpaired) electrons. The molecule has 0 unspecified atom stereocenters. The first-order valence-electron chi connectivity index (χ1n) is 3.40. The highest BCUT2D eigenvalue weighted by molar-refractivity contribution is 5.43. The molecule has 1 aromatic carbocycles. The van der Waals surface area contributed by atoms with Gasteiger partial charge in [0, 0.05) is 12.7 Å². The van der Waals surface area contributed by atoms with Crippen molar-refractivity contribution in [3.8, 4) is 0 Å². The molecule has 0 bridgehead atoms. The largest absolute Gasteiger partial charge is 0.388 e. The van der Waals surface area contributed by atoms with Crippen molar-refractivity contribution >= 4 is 5.69 Å². The van der Waals surface area contributed by atoms with Gasteiger partial charge < -0.3 is 5.32 Å². The highest BCUT2D eigenvalue weighted by Crippen LogP contribution is 2.08. The minimum absolute atomic E-state index is 0.240. The van der Waals surface area contributed by atoms with Crippen molar-refractivity contribution in [1.82, 2.24) is 0 Å². The first kappa shape index (κ1) is 8.04. The predicted octanol–water partition coefficient (Wildman–Crippen LogP) is 1.72. The summed E-state index contributed by atoms with van der Waals surface area (Å²) in [5.74, 6) is 0. The summed E-state index contributed by atoms with van der Waals surface area (Å²) in [4.78, 5) is 3.98. The van der Waals surface area contributed by atoms with E-state index in [0.29, 0.717) is 0 Å². The van der Waals surface area contributed by atoms with Gasteiger partial charge in [-0.1, -0.05) is 12.1 Å². The van der Waals surface area contributed by atoms with E-state index in [1.54, 1.807) is 0 Å². The van der Waals surface area contributed by atoms with E-state index in [0.717, 1.165) is 11.3 Å². The molecular weight excluding hydrogens is 142 g/mol. The minimum atomic E-state index is 0.240. The second kappa shape index (κ2) is 3.95. The van der Waals surface area contributed by atoms with E-state index >= 15 is 0 Å². The van der Waals surface area contributed by atoms with Gasteiger partial charge in [0.1, 0.15) is 6.61 Å². The maximum atomic E-state index is 8.13. The molecular formula is C8H11NO2. The Morgan fingerprint density at radius 2 is 2.00 bits per heavy atom. The van der Waals surface area contributed by atoms with Crippen LogP contribution in [0.2, 0.25) is 0 Å². The van der Waals surface area contributed by atoms with Crippen LogP contribution in [0.5, 0.6) is 0 Å². The third-order valence-corrected chi connectivity index (χ3v) is 1.47. The number of nitrogens with one attached hydrogen (secondary N) is 1. The molecule has 0 aromatic heterocycles. The molecule has 3 heteroatoms. The summed E-state index contributed by atoms with van der Waals surface area (Å²) in [5, 5.41) is 11.1. The van der Waals surface area contributed by atoms with Crippen molar-refractivity contribution < 1.29 is 10.1 Å². The van der Waals surface area contributed by atoms with E-state index in [1.165, 1.54) is 0 Å². The van der Waals surface area contributed by atoms with E-state index in [2.05, 4.69) is 10.2 Å². The summed E-state index contributed by atoms with van der Waals surface area (Å²) in [6.07, 6.45) is 0. The topological polar surface area (TPSA) is 41.5 Å². The van der Waals surface area contributed by atoms with Crippen LogP contribution in [0.1, 0.15) is 5.56 Å². The third-order valence-electron chi connectivity index (χ3n) is 1.47. The summed E-state index contributed by atoms with van der Waals surface area (Å²) in [7, 11) is 1.86. The zero-order valence-electron chi connectivity index (χ0n) is 6.37. The molecule has 0 fully saturated rings. The Bertz CT molecular complexity index is 208. The van der Waals surface area contributed by atoms with Crippen molar-refractivity contribution in [3.63, 3.8) is 0 Å². The predicted molar refractivity (Wildman–Crippen MR) is 43.4 cm³/mol. The molecule has 0 aliphatic heterocycles. The van der Waals surface area contributed by atoms with Crippen LogP contribution in [0.25, 0.3) is 0 Å². The van der Waals surface area contributed by atoms with E-state index in [1.807, 2.05) is 31.3 Å². The lowest BCUT2D eigenvalue weighted by atomic mass is 10.2. The van der Waals surface area contributed by atoms with Crippen LogP contribution in [0.4, 0.5) is 5.69 Å². The fraction of sp³-hybridized carbons (Fsp3) is 0.250. The highest BCUT2D eigenvalue weighted by atomic mass is 17.1. The average Bonchev–Trinajstić information content (AvgIpc) is 2.07. The smallest absolute Gasteiger partial charge is 0.107 e. The van der Waals surface area contributed by atoms with E-state index in [9.17, 15) is 0 Å². The molecule has 1 rings (SSSR count). The van der Waals surface area contributed by atoms with Gasteiger partial charge >= 0.3 is 0 Å².